The number of hydrogen-bond acceptors (Lipinski definition) is 5. The maximum atomic E-state index is 13.8. The van der Waals surface area contributed by atoms with Crippen LogP contribution in [0, 0.1) is 5.82 Å². The van der Waals surface area contributed by atoms with E-state index >= 15 is 0 Å². The van der Waals surface area contributed by atoms with Crippen LogP contribution in [0.1, 0.15) is 4.79 Å². The second-order valence-electron chi connectivity index (χ2n) is 8.23. The minimum Gasteiger partial charge on any atom is -0.311 e. The number of halogens is 1. The van der Waals surface area contributed by atoms with E-state index in [1.165, 1.54) is 35.0 Å². The van der Waals surface area contributed by atoms with E-state index in [9.17, 15) is 18.8 Å². The minimum absolute atomic E-state index is 0.0128. The normalized spacial score (nSPS) is 11.2. The summed E-state index contributed by atoms with van der Waals surface area (Å²) in [6, 6.07) is 20.7. The molecule has 36 heavy (non-hydrogen) atoms. The first-order valence-electron chi connectivity index (χ1n) is 11.3. The highest BCUT2D eigenvalue weighted by Crippen LogP contribution is 2.29. The summed E-state index contributed by atoms with van der Waals surface area (Å²) in [5, 5.41) is 7.03. The van der Waals surface area contributed by atoms with Crippen molar-refractivity contribution in [1.82, 2.24) is 19.4 Å². The summed E-state index contributed by atoms with van der Waals surface area (Å²) in [5.74, 6) is -1.43. The van der Waals surface area contributed by atoms with Crippen LogP contribution in [0.4, 0.5) is 10.2 Å². The van der Waals surface area contributed by atoms with Crippen molar-refractivity contribution in [3.8, 4) is 11.3 Å². The Morgan fingerprint density at radius 1 is 0.917 bits per heavy atom. The number of nitrogens with one attached hydrogen (secondary N) is 2. The molecule has 0 radical (unpaired) electrons. The Morgan fingerprint density at radius 3 is 2.14 bits per heavy atom. The number of hydrogen-bond donors (Lipinski definition) is 2. The van der Waals surface area contributed by atoms with Crippen LogP contribution >= 0.6 is 0 Å². The number of nitrogens with zero attached hydrogens (tertiary/aromatic N) is 3. The van der Waals surface area contributed by atoms with E-state index in [-0.39, 0.29) is 24.8 Å². The third-order valence-electron chi connectivity index (χ3n) is 5.91. The number of carbonyl (C=O) groups excluding carboxylic acids is 2. The van der Waals surface area contributed by atoms with E-state index in [0.717, 1.165) is 21.8 Å². The molecule has 3 aromatic carbocycles. The molecule has 180 valence electrons. The van der Waals surface area contributed by atoms with Gasteiger partial charge in [-0.25, -0.2) is 9.37 Å². The van der Waals surface area contributed by atoms with E-state index in [0.29, 0.717) is 11.3 Å². The van der Waals surface area contributed by atoms with Crippen LogP contribution in [0.25, 0.3) is 33.1 Å². The molecule has 9 heteroatoms. The fourth-order valence-corrected chi connectivity index (χ4v) is 4.32. The smallest absolute Gasteiger partial charge is 0.294 e. The van der Waals surface area contributed by atoms with Crippen LogP contribution in [0.5, 0.6) is 0 Å². The number of fused-ring (bicyclic) bond motifs is 3. The molecule has 0 aliphatic carbocycles. The lowest BCUT2D eigenvalue weighted by molar-refractivity contribution is -0.115. The molecule has 0 atom stereocenters. The van der Waals surface area contributed by atoms with Gasteiger partial charge in [0, 0.05) is 16.3 Å². The SMILES string of the molecule is CNCC(=O)Nc1ncc(-c2ccc(F)cc2)n(CC(=O)n2c3ccccc3c3ccccc32)c1=O. The maximum absolute atomic E-state index is 13.8. The number of benzene rings is 3. The van der Waals surface area contributed by atoms with Gasteiger partial charge in [-0.05, 0) is 43.4 Å². The summed E-state index contributed by atoms with van der Waals surface area (Å²) in [6.07, 6.45) is 1.39. The van der Waals surface area contributed by atoms with E-state index in [2.05, 4.69) is 15.6 Å². The minimum atomic E-state index is -0.643. The fraction of sp³-hybridized carbons (Fsp3) is 0.111. The average Bonchev–Trinajstić information content (AvgIpc) is 3.22. The van der Waals surface area contributed by atoms with Gasteiger partial charge >= 0.3 is 0 Å². The van der Waals surface area contributed by atoms with Crippen LogP contribution in [0.3, 0.4) is 0 Å². The molecule has 2 N–H and O–H groups in total. The van der Waals surface area contributed by atoms with E-state index < -0.39 is 17.3 Å². The number of rotatable bonds is 6. The van der Waals surface area contributed by atoms with Crippen LogP contribution in [-0.4, -0.2) is 39.5 Å². The number of likely N-dealkylation sites (N-methyl/N-ethyl adjacent to an activating group) is 1. The first-order chi connectivity index (χ1) is 17.5. The molecule has 0 aliphatic heterocycles. The lowest BCUT2D eigenvalue weighted by Gasteiger charge is -2.15. The van der Waals surface area contributed by atoms with Crippen molar-refractivity contribution in [1.29, 1.82) is 0 Å². The summed E-state index contributed by atoms with van der Waals surface area (Å²) >= 11 is 0. The van der Waals surface area contributed by atoms with Crippen molar-refractivity contribution < 1.29 is 14.0 Å². The van der Waals surface area contributed by atoms with Crippen molar-refractivity contribution in [2.75, 3.05) is 18.9 Å². The molecule has 0 spiro atoms. The number of para-hydroxylation sites is 2. The highest BCUT2D eigenvalue weighted by atomic mass is 19.1. The van der Waals surface area contributed by atoms with Crippen molar-refractivity contribution in [3.05, 3.63) is 95.2 Å². The van der Waals surface area contributed by atoms with E-state index in [1.54, 1.807) is 11.6 Å². The molecule has 0 bridgehead atoms. The Labute approximate surface area is 205 Å². The molecule has 1 amide bonds. The summed E-state index contributed by atoms with van der Waals surface area (Å²) in [4.78, 5) is 43.4. The first kappa shape index (κ1) is 23.1. The molecule has 0 fully saturated rings. The van der Waals surface area contributed by atoms with Crippen LogP contribution in [-0.2, 0) is 11.3 Å². The molecular weight excluding hydrogens is 461 g/mol. The highest BCUT2D eigenvalue weighted by Gasteiger charge is 2.20. The standard InChI is InChI=1S/C27H22FN5O3/c1-29-15-24(34)31-26-27(36)32(23(14-30-26)17-10-12-18(28)13-11-17)16-25(35)33-21-8-4-2-6-19(21)20-7-3-5-9-22(20)33/h2-14,29H,15-16H2,1H3,(H,30,31,34). The van der Waals surface area contributed by atoms with E-state index in [1.807, 2.05) is 48.5 Å². The molecule has 2 aromatic heterocycles. The predicted molar refractivity (Wildman–Crippen MR) is 137 cm³/mol. The third-order valence-corrected chi connectivity index (χ3v) is 5.91. The second kappa shape index (κ2) is 9.55. The largest absolute Gasteiger partial charge is 0.311 e. The fourth-order valence-electron chi connectivity index (χ4n) is 4.32. The maximum Gasteiger partial charge on any atom is 0.294 e. The Morgan fingerprint density at radius 2 is 1.53 bits per heavy atom. The van der Waals surface area contributed by atoms with Crippen molar-refractivity contribution in [2.24, 2.45) is 0 Å². The Hall–Kier alpha value is -4.63. The monoisotopic (exact) mass is 483 g/mol. The van der Waals surface area contributed by atoms with Crippen LogP contribution < -0.4 is 16.2 Å². The van der Waals surface area contributed by atoms with Gasteiger partial charge in [-0.2, -0.15) is 0 Å². The molecular formula is C27H22FN5O3. The number of amides is 1. The van der Waals surface area contributed by atoms with Gasteiger partial charge in [0.25, 0.3) is 11.5 Å². The molecule has 0 aliphatic rings. The molecule has 5 aromatic rings. The highest BCUT2D eigenvalue weighted by molar-refractivity contribution is 6.13. The zero-order valence-corrected chi connectivity index (χ0v) is 19.4. The Balaban J connectivity index is 1.64. The van der Waals surface area contributed by atoms with Gasteiger partial charge in [-0.3, -0.25) is 23.5 Å². The molecule has 0 unspecified atom stereocenters. The summed E-state index contributed by atoms with van der Waals surface area (Å²) in [6.45, 7) is -0.341. The zero-order valence-electron chi connectivity index (χ0n) is 19.4. The van der Waals surface area contributed by atoms with Gasteiger partial charge in [-0.15, -0.1) is 0 Å². The molecule has 5 rings (SSSR count). The lowest BCUT2D eigenvalue weighted by atomic mass is 10.1. The second-order valence-corrected chi connectivity index (χ2v) is 8.23. The van der Waals surface area contributed by atoms with Crippen LogP contribution in [0.2, 0.25) is 0 Å². The summed E-state index contributed by atoms with van der Waals surface area (Å²) in [5.41, 5.74) is 1.62. The Kier molecular flexibility index (Phi) is 6.14. The zero-order chi connectivity index (χ0) is 25.2. The first-order valence-corrected chi connectivity index (χ1v) is 11.3. The van der Waals surface area contributed by atoms with Gasteiger partial charge < -0.3 is 10.6 Å². The van der Waals surface area contributed by atoms with Gasteiger partial charge in [-0.1, -0.05) is 36.4 Å². The molecule has 2 heterocycles. The molecule has 0 saturated carbocycles. The number of anilines is 1. The van der Waals surface area contributed by atoms with Crippen molar-refractivity contribution >= 4 is 39.4 Å². The number of carbonyl (C=O) groups is 2. The lowest BCUT2D eigenvalue weighted by Crippen LogP contribution is -2.34. The summed E-state index contributed by atoms with van der Waals surface area (Å²) < 4.78 is 16.4. The van der Waals surface area contributed by atoms with Gasteiger partial charge in [0.05, 0.1) is 29.5 Å². The van der Waals surface area contributed by atoms with Gasteiger partial charge in [0.2, 0.25) is 5.91 Å². The van der Waals surface area contributed by atoms with Crippen molar-refractivity contribution in [2.45, 2.75) is 6.54 Å². The Bertz CT molecular complexity index is 1620. The third kappa shape index (κ3) is 4.16. The molecule has 0 saturated heterocycles. The number of aromatic nitrogens is 3. The topological polar surface area (TPSA) is 98.0 Å². The van der Waals surface area contributed by atoms with E-state index in [4.69, 9.17) is 0 Å². The van der Waals surface area contributed by atoms with Gasteiger partial charge in [0.1, 0.15) is 12.4 Å². The van der Waals surface area contributed by atoms with Gasteiger partial charge in [0.15, 0.2) is 5.82 Å². The molecule has 8 nitrogen and oxygen atoms in total. The quantitative estimate of drug-likeness (QED) is 0.384. The predicted octanol–water partition coefficient (Wildman–Crippen LogP) is 3.66. The average molecular weight is 484 g/mol. The summed E-state index contributed by atoms with van der Waals surface area (Å²) in [7, 11) is 1.60. The van der Waals surface area contributed by atoms with Crippen LogP contribution in [0.15, 0.2) is 83.8 Å². The van der Waals surface area contributed by atoms with Crippen molar-refractivity contribution in [3.63, 3.8) is 0 Å².